The van der Waals surface area contributed by atoms with Crippen LogP contribution in [-0.4, -0.2) is 5.78 Å². The van der Waals surface area contributed by atoms with Crippen molar-refractivity contribution in [2.24, 2.45) is 5.41 Å². The Morgan fingerprint density at radius 2 is 2.23 bits per heavy atom. The van der Waals surface area contributed by atoms with Crippen molar-refractivity contribution in [3.63, 3.8) is 0 Å². The summed E-state index contributed by atoms with van der Waals surface area (Å²) in [5, 5.41) is 4.24. The topological polar surface area (TPSA) is 17.1 Å². The van der Waals surface area contributed by atoms with Gasteiger partial charge in [-0.25, -0.2) is 0 Å². The molecule has 0 radical (unpaired) electrons. The van der Waals surface area contributed by atoms with E-state index in [1.165, 1.54) is 5.56 Å². The van der Waals surface area contributed by atoms with Crippen LogP contribution in [0.1, 0.15) is 32.8 Å². The molecule has 1 aromatic heterocycles. The lowest BCUT2D eigenvalue weighted by molar-refractivity contribution is -0.118. The number of carbonyl (C=O) groups excluding carboxylic acids is 1. The molecule has 1 nitrogen and oxygen atoms in total. The van der Waals surface area contributed by atoms with Crippen molar-refractivity contribution in [3.05, 3.63) is 22.4 Å². The molecule has 0 aliphatic heterocycles. The van der Waals surface area contributed by atoms with Gasteiger partial charge in [-0.2, -0.15) is 11.3 Å². The monoisotopic (exact) mass is 196 g/mol. The van der Waals surface area contributed by atoms with Crippen molar-refractivity contribution in [2.75, 3.05) is 0 Å². The Hall–Kier alpha value is -0.630. The van der Waals surface area contributed by atoms with Crippen LogP contribution in [0, 0.1) is 5.41 Å². The summed E-state index contributed by atoms with van der Waals surface area (Å²) < 4.78 is 0. The van der Waals surface area contributed by atoms with E-state index < -0.39 is 0 Å². The third kappa shape index (κ3) is 3.73. The SMILES string of the molecule is CC(=O)CC(C)(C)Cc1ccsc1. The van der Waals surface area contributed by atoms with Crippen molar-refractivity contribution in [1.82, 2.24) is 0 Å². The molecule has 13 heavy (non-hydrogen) atoms. The van der Waals surface area contributed by atoms with Gasteiger partial charge in [0.15, 0.2) is 0 Å². The van der Waals surface area contributed by atoms with E-state index in [1.54, 1.807) is 18.3 Å². The van der Waals surface area contributed by atoms with Gasteiger partial charge >= 0.3 is 0 Å². The maximum absolute atomic E-state index is 11.0. The number of thiophene rings is 1. The van der Waals surface area contributed by atoms with E-state index in [4.69, 9.17) is 0 Å². The largest absolute Gasteiger partial charge is 0.300 e. The molecule has 2 heteroatoms. The first-order valence-corrected chi connectivity index (χ1v) is 5.44. The van der Waals surface area contributed by atoms with Crippen LogP contribution in [0.15, 0.2) is 16.8 Å². The fourth-order valence-corrected chi connectivity index (χ4v) is 2.35. The molecule has 0 spiro atoms. The Morgan fingerprint density at radius 3 is 2.69 bits per heavy atom. The van der Waals surface area contributed by atoms with Gasteiger partial charge in [0.05, 0.1) is 0 Å². The van der Waals surface area contributed by atoms with Crippen LogP contribution in [-0.2, 0) is 11.2 Å². The van der Waals surface area contributed by atoms with Crippen molar-refractivity contribution >= 4 is 17.1 Å². The van der Waals surface area contributed by atoms with Gasteiger partial charge in [-0.1, -0.05) is 13.8 Å². The minimum Gasteiger partial charge on any atom is -0.300 e. The van der Waals surface area contributed by atoms with Crippen molar-refractivity contribution in [2.45, 2.75) is 33.6 Å². The van der Waals surface area contributed by atoms with Crippen LogP contribution in [0.2, 0.25) is 0 Å². The fourth-order valence-electron chi connectivity index (χ4n) is 1.68. The zero-order valence-corrected chi connectivity index (χ0v) is 9.28. The Morgan fingerprint density at radius 1 is 1.54 bits per heavy atom. The number of ketones is 1. The zero-order valence-electron chi connectivity index (χ0n) is 8.46. The van der Waals surface area contributed by atoms with E-state index >= 15 is 0 Å². The van der Waals surface area contributed by atoms with Gasteiger partial charge in [-0.3, -0.25) is 0 Å². The van der Waals surface area contributed by atoms with Crippen LogP contribution in [0.4, 0.5) is 0 Å². The molecule has 1 heterocycles. The molecule has 0 N–H and O–H groups in total. The van der Waals surface area contributed by atoms with Gasteiger partial charge in [0.25, 0.3) is 0 Å². The molecule has 0 bridgehead atoms. The first-order chi connectivity index (χ1) is 5.99. The summed E-state index contributed by atoms with van der Waals surface area (Å²) in [4.78, 5) is 11.0. The van der Waals surface area contributed by atoms with Crippen LogP contribution in [0.25, 0.3) is 0 Å². The lowest BCUT2D eigenvalue weighted by atomic mass is 9.82. The van der Waals surface area contributed by atoms with Crippen LogP contribution in [0.5, 0.6) is 0 Å². The summed E-state index contributed by atoms with van der Waals surface area (Å²) in [6, 6.07) is 2.13. The van der Waals surface area contributed by atoms with Gasteiger partial charge < -0.3 is 4.79 Å². The molecule has 0 fully saturated rings. The maximum Gasteiger partial charge on any atom is 0.130 e. The highest BCUT2D eigenvalue weighted by Crippen LogP contribution is 2.26. The maximum atomic E-state index is 11.0. The first-order valence-electron chi connectivity index (χ1n) is 4.50. The van der Waals surface area contributed by atoms with Gasteiger partial charge in [0.1, 0.15) is 5.78 Å². The Bertz CT molecular complexity index is 272. The smallest absolute Gasteiger partial charge is 0.130 e. The van der Waals surface area contributed by atoms with Crippen LogP contribution < -0.4 is 0 Å². The standard InChI is InChI=1S/C11H16OS/c1-9(12)6-11(2,3)7-10-4-5-13-8-10/h4-5,8H,6-7H2,1-3H3. The fraction of sp³-hybridized carbons (Fsp3) is 0.545. The second-order valence-electron chi connectivity index (χ2n) is 4.35. The quantitative estimate of drug-likeness (QED) is 0.722. The summed E-state index contributed by atoms with van der Waals surface area (Å²) in [5.74, 6) is 0.278. The van der Waals surface area contributed by atoms with Crippen molar-refractivity contribution < 1.29 is 4.79 Å². The van der Waals surface area contributed by atoms with E-state index in [9.17, 15) is 4.79 Å². The summed E-state index contributed by atoms with van der Waals surface area (Å²) in [5.41, 5.74) is 1.45. The number of hydrogen-bond donors (Lipinski definition) is 0. The number of hydrogen-bond acceptors (Lipinski definition) is 2. The van der Waals surface area contributed by atoms with E-state index in [1.807, 2.05) is 0 Å². The molecule has 0 saturated heterocycles. The normalized spacial score (nSPS) is 11.6. The Labute approximate surface area is 83.8 Å². The molecule has 0 unspecified atom stereocenters. The second-order valence-corrected chi connectivity index (χ2v) is 5.13. The highest BCUT2D eigenvalue weighted by Gasteiger charge is 2.20. The van der Waals surface area contributed by atoms with Crippen LogP contribution in [0.3, 0.4) is 0 Å². The molecule has 72 valence electrons. The Balaban J connectivity index is 2.56. The van der Waals surface area contributed by atoms with E-state index in [0.717, 1.165) is 6.42 Å². The predicted molar refractivity (Wildman–Crippen MR) is 57.1 cm³/mol. The Kier molecular flexibility index (Phi) is 3.26. The minimum atomic E-state index is 0.104. The predicted octanol–water partition coefficient (Wildman–Crippen LogP) is 3.30. The highest BCUT2D eigenvalue weighted by molar-refractivity contribution is 7.07. The summed E-state index contributed by atoms with van der Waals surface area (Å²) in [6.45, 7) is 5.95. The van der Waals surface area contributed by atoms with Gasteiger partial charge in [-0.05, 0) is 41.1 Å². The molecule has 0 atom stereocenters. The van der Waals surface area contributed by atoms with Gasteiger partial charge in [0.2, 0.25) is 0 Å². The van der Waals surface area contributed by atoms with Crippen molar-refractivity contribution in [3.8, 4) is 0 Å². The zero-order chi connectivity index (χ0) is 9.90. The molecule has 0 amide bonds. The highest BCUT2D eigenvalue weighted by atomic mass is 32.1. The van der Waals surface area contributed by atoms with Crippen molar-refractivity contribution in [1.29, 1.82) is 0 Å². The molecular formula is C11H16OS. The third-order valence-electron chi connectivity index (χ3n) is 1.99. The van der Waals surface area contributed by atoms with Crippen LogP contribution >= 0.6 is 11.3 Å². The molecular weight excluding hydrogens is 180 g/mol. The lowest BCUT2D eigenvalue weighted by Gasteiger charge is -2.22. The number of rotatable bonds is 4. The van der Waals surface area contributed by atoms with E-state index in [-0.39, 0.29) is 11.2 Å². The summed E-state index contributed by atoms with van der Waals surface area (Å²) >= 11 is 1.71. The average molecular weight is 196 g/mol. The molecule has 0 saturated carbocycles. The van der Waals surface area contributed by atoms with Gasteiger partial charge in [-0.15, -0.1) is 0 Å². The summed E-state index contributed by atoms with van der Waals surface area (Å²) in [7, 11) is 0. The summed E-state index contributed by atoms with van der Waals surface area (Å²) in [6.07, 6.45) is 1.67. The number of Topliss-reactive ketones (excluding diaryl/α,β-unsaturated/α-hetero) is 1. The molecule has 0 aliphatic carbocycles. The lowest BCUT2D eigenvalue weighted by Crippen LogP contribution is -2.18. The third-order valence-corrected chi connectivity index (χ3v) is 2.72. The molecule has 1 aromatic rings. The van der Waals surface area contributed by atoms with Gasteiger partial charge in [0, 0.05) is 6.42 Å². The minimum absolute atomic E-state index is 0.104. The number of carbonyl (C=O) groups is 1. The second kappa shape index (κ2) is 4.05. The molecule has 1 rings (SSSR count). The molecule has 0 aliphatic rings. The first kappa shape index (κ1) is 10.5. The average Bonchev–Trinajstić information content (AvgIpc) is 2.34. The van der Waals surface area contributed by atoms with E-state index in [2.05, 4.69) is 30.7 Å². The molecule has 0 aromatic carbocycles. The van der Waals surface area contributed by atoms with E-state index in [0.29, 0.717) is 6.42 Å².